The third-order valence-corrected chi connectivity index (χ3v) is 8.86. The van der Waals surface area contributed by atoms with Gasteiger partial charge in [0.2, 0.25) is 0 Å². The molecule has 3 aliphatic rings. The van der Waals surface area contributed by atoms with Gasteiger partial charge in [0.1, 0.15) is 21.8 Å². The second-order valence-electron chi connectivity index (χ2n) is 12.2. The Balaban J connectivity index is 1.37. The highest BCUT2D eigenvalue weighted by Crippen LogP contribution is 2.42. The molecule has 30 heavy (non-hydrogen) atoms. The highest BCUT2D eigenvalue weighted by molar-refractivity contribution is 6.41. The lowest BCUT2D eigenvalue weighted by Gasteiger charge is -2.22. The third-order valence-electron chi connectivity index (χ3n) is 8.86. The minimum Gasteiger partial charge on any atom is -0.0742 e. The molecule has 3 radical (unpaired) electrons. The number of hydrogen-bond acceptors (Lipinski definition) is 0. The second kappa shape index (κ2) is 13.0. The minimum atomic E-state index is 0.760. The minimum absolute atomic E-state index is 0.760. The molecule has 3 fully saturated rings. The third kappa shape index (κ3) is 8.62. The molecule has 0 aromatic rings. The molecule has 0 heterocycles. The Hall–Kier alpha value is 0.195. The normalized spacial score (nSPS) is 36.6. The fourth-order valence-corrected chi connectivity index (χ4v) is 7.02. The van der Waals surface area contributed by atoms with Crippen LogP contribution in [0.1, 0.15) is 124 Å². The van der Waals surface area contributed by atoms with Crippen molar-refractivity contribution in [1.29, 1.82) is 0 Å². The van der Waals surface area contributed by atoms with Gasteiger partial charge >= 0.3 is 0 Å². The molecule has 0 saturated heterocycles. The Kier molecular flexibility index (Phi) is 10.8. The molecular weight excluding hydrogens is 357 g/mol. The monoisotopic (exact) mass is 407 g/mol. The quantitative estimate of drug-likeness (QED) is 0.292. The Bertz CT molecular complexity index is 463. The first-order chi connectivity index (χ1) is 14.5. The summed E-state index contributed by atoms with van der Waals surface area (Å²) in [5.74, 6) is 7.21. The van der Waals surface area contributed by atoms with Crippen LogP contribution in [0.5, 0.6) is 0 Å². The molecule has 0 spiro atoms. The number of hydrogen-bond donors (Lipinski definition) is 0. The molecule has 0 bridgehead atoms. The predicted octanol–water partition coefficient (Wildman–Crippen LogP) is 9.03. The lowest BCUT2D eigenvalue weighted by atomic mass is 9.49. The first-order valence-corrected chi connectivity index (χ1v) is 14.0. The first kappa shape index (κ1) is 24.8. The van der Waals surface area contributed by atoms with Gasteiger partial charge in [0.25, 0.3) is 0 Å². The van der Waals surface area contributed by atoms with Gasteiger partial charge in [-0.3, -0.25) is 0 Å². The van der Waals surface area contributed by atoms with Gasteiger partial charge in [-0.05, 0) is 11.8 Å². The second-order valence-corrected chi connectivity index (χ2v) is 12.2. The average molecular weight is 407 g/mol. The van der Waals surface area contributed by atoms with Crippen molar-refractivity contribution in [2.45, 2.75) is 159 Å². The summed E-state index contributed by atoms with van der Waals surface area (Å²) in [6.45, 7) is 9.58. The lowest BCUT2D eigenvalue weighted by molar-refractivity contribution is 0.342. The van der Waals surface area contributed by atoms with Crippen molar-refractivity contribution >= 4 is 21.8 Å². The van der Waals surface area contributed by atoms with Gasteiger partial charge < -0.3 is 0 Å². The van der Waals surface area contributed by atoms with Crippen molar-refractivity contribution in [2.24, 2.45) is 11.8 Å². The SMILES string of the molecule is CC(C)[B]C1CCCC([B]C2CCCC([B]C3CCCC(C(C)C)CC3)CC2)CC1. The van der Waals surface area contributed by atoms with Crippen molar-refractivity contribution in [1.82, 2.24) is 0 Å². The highest BCUT2D eigenvalue weighted by atomic mass is 14.2. The van der Waals surface area contributed by atoms with Crippen LogP contribution < -0.4 is 0 Å². The molecule has 6 atom stereocenters. The zero-order valence-corrected chi connectivity index (χ0v) is 21.0. The van der Waals surface area contributed by atoms with E-state index < -0.39 is 0 Å². The Morgan fingerprint density at radius 2 is 0.867 bits per heavy atom. The summed E-state index contributed by atoms with van der Waals surface area (Å²) in [4.78, 5) is 0. The summed E-state index contributed by atoms with van der Waals surface area (Å²) in [5, 5.41) is 0. The van der Waals surface area contributed by atoms with Gasteiger partial charge in [0, 0.05) is 0 Å². The molecule has 3 rings (SSSR count). The van der Waals surface area contributed by atoms with Crippen LogP contribution in [-0.4, -0.2) is 21.8 Å². The van der Waals surface area contributed by atoms with Gasteiger partial charge in [-0.1, -0.05) is 159 Å². The van der Waals surface area contributed by atoms with E-state index in [1.54, 1.807) is 0 Å². The van der Waals surface area contributed by atoms with Crippen LogP contribution in [0.4, 0.5) is 0 Å². The van der Waals surface area contributed by atoms with Crippen LogP contribution in [0, 0.1) is 11.8 Å². The molecule has 3 heteroatoms. The fraction of sp³-hybridized carbons (Fsp3) is 1.00. The fourth-order valence-electron chi connectivity index (χ4n) is 7.02. The highest BCUT2D eigenvalue weighted by Gasteiger charge is 2.28. The number of rotatable bonds is 7. The van der Waals surface area contributed by atoms with Gasteiger partial charge in [-0.15, -0.1) is 0 Å². The van der Waals surface area contributed by atoms with E-state index in [0.717, 1.165) is 46.7 Å². The van der Waals surface area contributed by atoms with Gasteiger partial charge in [-0.2, -0.15) is 0 Å². The molecule has 0 nitrogen and oxygen atoms in total. The van der Waals surface area contributed by atoms with Crippen LogP contribution in [0.2, 0.25) is 34.9 Å². The molecular formula is C27H50B3. The van der Waals surface area contributed by atoms with E-state index in [1.165, 1.54) is 96.3 Å². The van der Waals surface area contributed by atoms with Gasteiger partial charge in [-0.25, -0.2) is 0 Å². The van der Waals surface area contributed by atoms with E-state index in [-0.39, 0.29) is 0 Å². The summed E-state index contributed by atoms with van der Waals surface area (Å²) in [6, 6.07) is 0. The van der Waals surface area contributed by atoms with Crippen molar-refractivity contribution in [3.05, 3.63) is 0 Å². The van der Waals surface area contributed by atoms with Crippen LogP contribution in [0.15, 0.2) is 0 Å². The van der Waals surface area contributed by atoms with E-state index in [4.69, 9.17) is 0 Å². The molecule has 3 aliphatic carbocycles. The van der Waals surface area contributed by atoms with E-state index in [1.807, 2.05) is 0 Å². The largest absolute Gasteiger partial charge is 0.117 e. The first-order valence-electron chi connectivity index (χ1n) is 14.0. The van der Waals surface area contributed by atoms with Crippen molar-refractivity contribution in [2.75, 3.05) is 0 Å². The van der Waals surface area contributed by atoms with Crippen molar-refractivity contribution < 1.29 is 0 Å². The standard InChI is InChI=1S/C27H50B3/c1-20(2)22-8-5-9-24(15-14-22)29-26-12-7-13-27(19-18-26)30-25-11-6-10-23(16-17-25)28-21(3)4/h20-27H,5-19H2,1-4H3. The van der Waals surface area contributed by atoms with Crippen molar-refractivity contribution in [3.63, 3.8) is 0 Å². The van der Waals surface area contributed by atoms with E-state index in [2.05, 4.69) is 49.5 Å². The van der Waals surface area contributed by atoms with E-state index in [0.29, 0.717) is 0 Å². The maximum Gasteiger partial charge on any atom is 0.117 e. The van der Waals surface area contributed by atoms with Crippen LogP contribution in [0.3, 0.4) is 0 Å². The Labute approximate surface area is 192 Å². The molecule has 0 amide bonds. The summed E-state index contributed by atoms with van der Waals surface area (Å²) in [7, 11) is 8.33. The topological polar surface area (TPSA) is 0 Å². The molecule has 0 N–H and O–H groups in total. The molecule has 0 aromatic heterocycles. The summed E-state index contributed by atoms with van der Waals surface area (Å²) >= 11 is 0. The predicted molar refractivity (Wildman–Crippen MR) is 139 cm³/mol. The summed E-state index contributed by atoms with van der Waals surface area (Å²) in [5.41, 5.74) is 0. The van der Waals surface area contributed by atoms with Crippen LogP contribution >= 0.6 is 0 Å². The molecule has 6 unspecified atom stereocenters. The smallest absolute Gasteiger partial charge is 0.0742 e. The average Bonchev–Trinajstić information content (AvgIpc) is 3.15. The van der Waals surface area contributed by atoms with Crippen molar-refractivity contribution in [3.8, 4) is 0 Å². The van der Waals surface area contributed by atoms with E-state index >= 15 is 0 Å². The summed E-state index contributed by atoms with van der Waals surface area (Å²) < 4.78 is 0. The Morgan fingerprint density at radius 3 is 1.33 bits per heavy atom. The van der Waals surface area contributed by atoms with Crippen LogP contribution in [0.25, 0.3) is 0 Å². The van der Waals surface area contributed by atoms with Gasteiger partial charge in [0.05, 0.1) is 0 Å². The lowest BCUT2D eigenvalue weighted by Crippen LogP contribution is -2.13. The summed E-state index contributed by atoms with van der Waals surface area (Å²) in [6.07, 6.45) is 22.0. The molecule has 0 aliphatic heterocycles. The maximum absolute atomic E-state index is 2.85. The zero-order valence-electron chi connectivity index (χ0n) is 21.0. The van der Waals surface area contributed by atoms with Crippen LogP contribution in [-0.2, 0) is 0 Å². The van der Waals surface area contributed by atoms with E-state index in [9.17, 15) is 0 Å². The molecule has 3 saturated carbocycles. The molecule has 167 valence electrons. The molecule has 0 aromatic carbocycles. The Morgan fingerprint density at radius 1 is 0.467 bits per heavy atom. The maximum atomic E-state index is 2.85. The van der Waals surface area contributed by atoms with Gasteiger partial charge in [0.15, 0.2) is 0 Å². The zero-order chi connectivity index (χ0) is 21.3.